The van der Waals surface area contributed by atoms with Crippen LogP contribution in [-0.2, 0) is 4.74 Å². The lowest BCUT2D eigenvalue weighted by atomic mass is 10.0. The summed E-state index contributed by atoms with van der Waals surface area (Å²) in [5, 5.41) is 20.8. The Morgan fingerprint density at radius 3 is 2.48 bits per heavy atom. The molecule has 0 saturated heterocycles. The molecule has 0 radical (unpaired) electrons. The second-order valence-electron chi connectivity index (χ2n) is 9.93. The molecule has 0 saturated carbocycles. The number of carbonyl (C=O) groups is 1. The first-order chi connectivity index (χ1) is 20.3. The predicted molar refractivity (Wildman–Crippen MR) is 166 cm³/mol. The van der Waals surface area contributed by atoms with Crippen molar-refractivity contribution in [2.45, 2.75) is 6.23 Å². The van der Waals surface area contributed by atoms with E-state index < -0.39 is 6.23 Å². The van der Waals surface area contributed by atoms with Crippen LogP contribution in [0.5, 0.6) is 11.5 Å². The third-order valence-electron chi connectivity index (χ3n) is 6.62. The molecule has 0 aliphatic carbocycles. The number of hydroxylamine groups is 2. The van der Waals surface area contributed by atoms with E-state index in [1.165, 1.54) is 7.11 Å². The summed E-state index contributed by atoms with van der Waals surface area (Å²) in [6.45, 7) is 1.54. The summed E-state index contributed by atoms with van der Waals surface area (Å²) in [5.41, 5.74) is 2.93. The molecule has 1 unspecified atom stereocenters. The molecule has 3 aromatic carbocycles. The van der Waals surface area contributed by atoms with Gasteiger partial charge in [0.15, 0.2) is 6.23 Å². The van der Waals surface area contributed by atoms with E-state index >= 15 is 0 Å². The van der Waals surface area contributed by atoms with Crippen molar-refractivity contribution < 1.29 is 14.3 Å². The first-order valence-corrected chi connectivity index (χ1v) is 13.7. The van der Waals surface area contributed by atoms with Gasteiger partial charge in [-0.1, -0.05) is 29.8 Å². The van der Waals surface area contributed by atoms with E-state index in [0.717, 1.165) is 17.2 Å². The number of rotatable bonds is 10. The lowest BCUT2D eigenvalue weighted by Gasteiger charge is -2.43. The molecule has 4 aromatic rings. The molecule has 0 bridgehead atoms. The first kappa shape index (κ1) is 29.1. The normalized spacial score (nSPS) is 14.3. The first-order valence-electron chi connectivity index (χ1n) is 13.4. The van der Waals surface area contributed by atoms with Crippen LogP contribution in [0.1, 0.15) is 33.4 Å². The van der Waals surface area contributed by atoms with Crippen LogP contribution in [0.25, 0.3) is 11.8 Å². The van der Waals surface area contributed by atoms with Gasteiger partial charge in [0, 0.05) is 53.3 Å². The van der Waals surface area contributed by atoms with Gasteiger partial charge >= 0.3 is 0 Å². The van der Waals surface area contributed by atoms with E-state index in [-0.39, 0.29) is 5.91 Å². The number of fused-ring (bicyclic) bond motifs is 1. The Morgan fingerprint density at radius 1 is 1.02 bits per heavy atom. The zero-order chi connectivity index (χ0) is 29.6. The Labute approximate surface area is 249 Å². The highest BCUT2D eigenvalue weighted by Crippen LogP contribution is 2.40. The summed E-state index contributed by atoms with van der Waals surface area (Å²) >= 11 is 6.55. The number of nitrogens with zero attached hydrogens (tertiary/aromatic N) is 3. The van der Waals surface area contributed by atoms with E-state index in [1.807, 2.05) is 56.6 Å². The van der Waals surface area contributed by atoms with Gasteiger partial charge in [0.05, 0.1) is 5.69 Å². The van der Waals surface area contributed by atoms with Crippen LogP contribution in [0, 0.1) is 5.21 Å². The van der Waals surface area contributed by atoms with E-state index in [2.05, 4.69) is 20.5 Å². The Morgan fingerprint density at radius 2 is 1.76 bits per heavy atom. The standard InChI is InChI=1S/C32H31ClN5O4/c1-37(2)18-17-34-29-16-11-22-19-28(38(40)32(41-3)30(22)36-29)26-20-23(12-15-27(26)33)35-31(39)21-9-13-25(14-10-21)42-24-7-5-4-6-8-24/h4-16,19-20,32H,17-18H2,1-3H3,(H,34,36)(H,35,39)/q-1. The van der Waals surface area contributed by atoms with Gasteiger partial charge in [-0.2, -0.15) is 0 Å². The fraction of sp³-hybridized carbons (Fsp3) is 0.188. The average Bonchev–Trinajstić information content (AvgIpc) is 2.99. The molecule has 10 heteroatoms. The molecular weight excluding hydrogens is 554 g/mol. The third-order valence-corrected chi connectivity index (χ3v) is 6.95. The Kier molecular flexibility index (Phi) is 9.04. The summed E-state index contributed by atoms with van der Waals surface area (Å²) in [6, 6.07) is 25.0. The number of pyridine rings is 1. The van der Waals surface area contributed by atoms with Crippen LogP contribution >= 0.6 is 11.6 Å². The zero-order valence-corrected chi connectivity index (χ0v) is 24.3. The molecule has 2 heterocycles. The number of likely N-dealkylation sites (N-methyl/N-ethyl adjacent to an activating group) is 1. The fourth-order valence-electron chi connectivity index (χ4n) is 4.47. The largest absolute Gasteiger partial charge is 0.756 e. The van der Waals surface area contributed by atoms with E-state index in [9.17, 15) is 10.0 Å². The molecule has 5 rings (SSSR count). The number of benzene rings is 3. The number of para-hydroxylation sites is 1. The van der Waals surface area contributed by atoms with Crippen molar-refractivity contribution in [3.8, 4) is 11.5 Å². The number of hydrogen-bond donors (Lipinski definition) is 2. The number of ether oxygens (including phenoxy) is 2. The smallest absolute Gasteiger partial charge is 0.255 e. The monoisotopic (exact) mass is 584 g/mol. The minimum Gasteiger partial charge on any atom is -0.756 e. The molecule has 2 N–H and O–H groups in total. The third kappa shape index (κ3) is 6.72. The van der Waals surface area contributed by atoms with E-state index in [4.69, 9.17) is 21.1 Å². The van der Waals surface area contributed by atoms with Gasteiger partial charge < -0.3 is 35.3 Å². The maximum Gasteiger partial charge on any atom is 0.255 e. The Bertz CT molecular complexity index is 1580. The lowest BCUT2D eigenvalue weighted by molar-refractivity contribution is 0.0185. The number of halogens is 1. The van der Waals surface area contributed by atoms with Crippen molar-refractivity contribution in [2.24, 2.45) is 0 Å². The van der Waals surface area contributed by atoms with Gasteiger partial charge in [-0.25, -0.2) is 4.98 Å². The number of nitrogens with one attached hydrogen (secondary N) is 2. The Balaban J connectivity index is 1.34. The van der Waals surface area contributed by atoms with E-state index in [1.54, 1.807) is 48.5 Å². The van der Waals surface area contributed by atoms with Crippen molar-refractivity contribution in [3.05, 3.63) is 118 Å². The van der Waals surface area contributed by atoms with Crippen molar-refractivity contribution in [1.82, 2.24) is 14.9 Å². The number of amides is 1. The van der Waals surface area contributed by atoms with Crippen LogP contribution in [0.15, 0.2) is 84.9 Å². The van der Waals surface area contributed by atoms with Crippen LogP contribution in [0.2, 0.25) is 5.02 Å². The summed E-state index contributed by atoms with van der Waals surface area (Å²) in [5.74, 6) is 1.67. The number of methoxy groups -OCH3 is 1. The molecule has 1 aliphatic heterocycles. The van der Waals surface area contributed by atoms with Gasteiger partial charge in [0.2, 0.25) is 0 Å². The highest BCUT2D eigenvalue weighted by atomic mass is 35.5. The number of aromatic nitrogens is 1. The molecule has 216 valence electrons. The molecule has 1 amide bonds. The van der Waals surface area contributed by atoms with Crippen LogP contribution in [-0.4, -0.2) is 55.1 Å². The minimum absolute atomic E-state index is 0.299. The summed E-state index contributed by atoms with van der Waals surface area (Å²) < 4.78 is 11.4. The van der Waals surface area contributed by atoms with Gasteiger partial charge in [-0.15, -0.1) is 0 Å². The topological polar surface area (TPSA) is 102 Å². The second kappa shape index (κ2) is 13.1. The maximum atomic E-state index is 13.5. The van der Waals surface area contributed by atoms with Crippen molar-refractivity contribution in [1.29, 1.82) is 0 Å². The predicted octanol–water partition coefficient (Wildman–Crippen LogP) is 6.71. The van der Waals surface area contributed by atoms with Crippen LogP contribution in [0.4, 0.5) is 11.5 Å². The van der Waals surface area contributed by atoms with Crippen molar-refractivity contribution in [2.75, 3.05) is 44.9 Å². The van der Waals surface area contributed by atoms with Crippen LogP contribution < -0.4 is 15.4 Å². The van der Waals surface area contributed by atoms with E-state index in [0.29, 0.717) is 57.1 Å². The SMILES string of the molecule is COC1c2nc(NCCN(C)C)ccc2C=C(c2cc(NC(=O)c3ccc(Oc4ccccc4)cc3)ccc2Cl)N1[O-]. The highest BCUT2D eigenvalue weighted by molar-refractivity contribution is 6.32. The minimum atomic E-state index is -0.971. The Hall–Kier alpha value is -4.41. The average molecular weight is 585 g/mol. The number of anilines is 2. The van der Waals surface area contributed by atoms with Crippen molar-refractivity contribution >= 4 is 40.8 Å². The quantitative estimate of drug-likeness (QED) is 0.212. The molecule has 1 aliphatic rings. The van der Waals surface area contributed by atoms with Crippen LogP contribution in [0.3, 0.4) is 0 Å². The molecule has 1 aromatic heterocycles. The molecule has 0 spiro atoms. The lowest BCUT2D eigenvalue weighted by Crippen LogP contribution is -2.28. The zero-order valence-electron chi connectivity index (χ0n) is 23.5. The van der Waals surface area contributed by atoms with Gasteiger partial charge in [-0.05, 0) is 86.9 Å². The summed E-state index contributed by atoms with van der Waals surface area (Å²) in [4.78, 5) is 19.7. The van der Waals surface area contributed by atoms with Gasteiger partial charge in [-0.3, -0.25) is 4.79 Å². The fourth-order valence-corrected chi connectivity index (χ4v) is 4.68. The molecule has 0 fully saturated rings. The molecule has 42 heavy (non-hydrogen) atoms. The second-order valence-corrected chi connectivity index (χ2v) is 10.3. The summed E-state index contributed by atoms with van der Waals surface area (Å²) in [6.07, 6.45) is 0.758. The number of carbonyl (C=O) groups excluding carboxylic acids is 1. The van der Waals surface area contributed by atoms with Crippen molar-refractivity contribution in [3.63, 3.8) is 0 Å². The van der Waals surface area contributed by atoms with Gasteiger partial charge in [0.25, 0.3) is 5.91 Å². The number of hydrogen-bond acceptors (Lipinski definition) is 8. The molecule has 1 atom stereocenters. The highest BCUT2D eigenvalue weighted by Gasteiger charge is 2.27. The van der Waals surface area contributed by atoms with Gasteiger partial charge in [0.1, 0.15) is 17.3 Å². The molecular formula is C32H31ClN5O4-. The maximum absolute atomic E-state index is 13.5. The summed E-state index contributed by atoms with van der Waals surface area (Å²) in [7, 11) is 5.45. The molecule has 9 nitrogen and oxygen atoms in total.